The van der Waals surface area contributed by atoms with Gasteiger partial charge in [0.2, 0.25) is 5.91 Å². The lowest BCUT2D eigenvalue weighted by molar-refractivity contribution is -0.136. The second kappa shape index (κ2) is 6.11. The highest BCUT2D eigenvalue weighted by Gasteiger charge is 2.55. The molecule has 3 nitrogen and oxygen atoms in total. The molecule has 3 aliphatic rings. The van der Waals surface area contributed by atoms with Gasteiger partial charge in [-0.2, -0.15) is 11.8 Å². The number of carbonyl (C=O) groups is 1. The van der Waals surface area contributed by atoms with E-state index in [0.717, 1.165) is 12.8 Å². The minimum absolute atomic E-state index is 0.213. The molecule has 120 valence electrons. The Labute approximate surface area is 133 Å². The van der Waals surface area contributed by atoms with Gasteiger partial charge in [0.05, 0.1) is 11.7 Å². The third-order valence-electron chi connectivity index (χ3n) is 5.78. The number of amides is 1. The van der Waals surface area contributed by atoms with Gasteiger partial charge in [-0.15, -0.1) is 0 Å². The molecule has 0 aromatic heterocycles. The number of carbonyl (C=O) groups excluding carboxylic acids is 1. The minimum atomic E-state index is -0.213. The van der Waals surface area contributed by atoms with Gasteiger partial charge >= 0.3 is 0 Å². The summed E-state index contributed by atoms with van der Waals surface area (Å²) in [5.74, 6) is 0.906. The lowest BCUT2D eigenvalue weighted by Gasteiger charge is -2.41. The van der Waals surface area contributed by atoms with Crippen LogP contribution in [0.2, 0.25) is 0 Å². The molecule has 0 aromatic rings. The first-order valence-electron chi connectivity index (χ1n) is 8.72. The first-order chi connectivity index (χ1) is 10.1. The molecule has 1 N–H and O–H groups in total. The number of nitrogens with one attached hydrogen (secondary N) is 1. The number of thioether (sulfide) groups is 1. The van der Waals surface area contributed by atoms with Crippen LogP contribution in [0.1, 0.15) is 65.2 Å². The highest BCUT2D eigenvalue weighted by molar-refractivity contribution is 7.99. The summed E-state index contributed by atoms with van der Waals surface area (Å²) in [6, 6.07) is 0.445. The van der Waals surface area contributed by atoms with Crippen molar-refractivity contribution >= 4 is 17.7 Å². The second-order valence-electron chi connectivity index (χ2n) is 7.46. The first kappa shape index (κ1) is 15.7. The van der Waals surface area contributed by atoms with E-state index < -0.39 is 0 Å². The molecular formula is C17H30N2OS. The Bertz CT molecular complexity index is 392. The van der Waals surface area contributed by atoms with Crippen molar-refractivity contribution in [2.45, 2.75) is 88.2 Å². The molecule has 1 amide bonds. The topological polar surface area (TPSA) is 32.3 Å². The third-order valence-corrected chi connectivity index (χ3v) is 6.94. The second-order valence-corrected chi connectivity index (χ2v) is 8.54. The van der Waals surface area contributed by atoms with E-state index >= 15 is 0 Å². The molecular weight excluding hydrogens is 280 g/mol. The predicted molar refractivity (Wildman–Crippen MR) is 89.4 cm³/mol. The van der Waals surface area contributed by atoms with Crippen molar-refractivity contribution in [1.82, 2.24) is 10.2 Å². The lowest BCUT2D eigenvalue weighted by atomic mass is 9.91. The fourth-order valence-electron chi connectivity index (χ4n) is 4.64. The monoisotopic (exact) mass is 310 g/mol. The Morgan fingerprint density at radius 3 is 2.48 bits per heavy atom. The molecule has 2 aliphatic carbocycles. The van der Waals surface area contributed by atoms with Crippen molar-refractivity contribution < 1.29 is 4.79 Å². The van der Waals surface area contributed by atoms with Crippen LogP contribution in [0, 0.1) is 5.92 Å². The number of hydrogen-bond donors (Lipinski definition) is 1. The molecule has 0 bridgehead atoms. The molecule has 1 spiro atoms. The van der Waals surface area contributed by atoms with E-state index in [-0.39, 0.29) is 11.7 Å². The first-order valence-corrected chi connectivity index (χ1v) is 10.0. The molecule has 3 rings (SSSR count). The maximum absolute atomic E-state index is 13.3. The molecule has 4 heteroatoms. The van der Waals surface area contributed by atoms with Crippen LogP contribution in [0.4, 0.5) is 0 Å². The Hall–Kier alpha value is -0.220. The van der Waals surface area contributed by atoms with Crippen LogP contribution in [0.25, 0.3) is 0 Å². The van der Waals surface area contributed by atoms with Crippen LogP contribution in [0.5, 0.6) is 0 Å². The summed E-state index contributed by atoms with van der Waals surface area (Å²) in [5, 5.41) is 4.40. The van der Waals surface area contributed by atoms with Gasteiger partial charge in [-0.25, -0.2) is 0 Å². The van der Waals surface area contributed by atoms with Crippen molar-refractivity contribution in [2.24, 2.45) is 5.92 Å². The quantitative estimate of drug-likeness (QED) is 0.867. The number of nitrogens with zero attached hydrogens (tertiary/aromatic N) is 1. The zero-order valence-corrected chi connectivity index (χ0v) is 14.5. The van der Waals surface area contributed by atoms with Gasteiger partial charge in [0, 0.05) is 11.3 Å². The van der Waals surface area contributed by atoms with Crippen LogP contribution < -0.4 is 5.32 Å². The van der Waals surface area contributed by atoms with E-state index in [0.29, 0.717) is 23.1 Å². The normalized spacial score (nSPS) is 36.1. The Balaban J connectivity index is 1.88. The van der Waals surface area contributed by atoms with Crippen molar-refractivity contribution in [3.63, 3.8) is 0 Å². The summed E-state index contributed by atoms with van der Waals surface area (Å²) in [6.07, 6.45) is 12.0. The van der Waals surface area contributed by atoms with Crippen molar-refractivity contribution in [1.29, 1.82) is 0 Å². The SMILES string of the molecule is CSC1CCCCC1N1C(=O)C2(CCCC2)NC1C(C)C. The third kappa shape index (κ3) is 2.63. The zero-order valence-electron chi connectivity index (χ0n) is 13.7. The lowest BCUT2D eigenvalue weighted by Crippen LogP contribution is -2.52. The van der Waals surface area contributed by atoms with Gasteiger partial charge in [-0.3, -0.25) is 10.1 Å². The molecule has 21 heavy (non-hydrogen) atoms. The van der Waals surface area contributed by atoms with Gasteiger partial charge in [-0.1, -0.05) is 39.5 Å². The molecule has 3 fully saturated rings. The van der Waals surface area contributed by atoms with Gasteiger partial charge < -0.3 is 4.90 Å². The minimum Gasteiger partial charge on any atom is -0.321 e. The smallest absolute Gasteiger partial charge is 0.244 e. The summed E-state index contributed by atoms with van der Waals surface area (Å²) in [5.41, 5.74) is -0.213. The van der Waals surface area contributed by atoms with Crippen LogP contribution in [-0.4, -0.2) is 40.1 Å². The summed E-state index contributed by atoms with van der Waals surface area (Å²) in [6.45, 7) is 4.51. The van der Waals surface area contributed by atoms with E-state index in [4.69, 9.17) is 0 Å². The van der Waals surface area contributed by atoms with Crippen molar-refractivity contribution in [3.05, 3.63) is 0 Å². The number of rotatable bonds is 3. The predicted octanol–water partition coefficient (Wildman–Crippen LogP) is 3.39. The molecule has 2 saturated carbocycles. The molecule has 1 aliphatic heterocycles. The summed E-state index contributed by atoms with van der Waals surface area (Å²) < 4.78 is 0. The number of hydrogen-bond acceptors (Lipinski definition) is 3. The molecule has 3 unspecified atom stereocenters. The van der Waals surface area contributed by atoms with Crippen molar-refractivity contribution in [2.75, 3.05) is 6.26 Å². The van der Waals surface area contributed by atoms with Crippen LogP contribution >= 0.6 is 11.8 Å². The fraction of sp³-hybridized carbons (Fsp3) is 0.941. The maximum Gasteiger partial charge on any atom is 0.244 e. The largest absolute Gasteiger partial charge is 0.321 e. The van der Waals surface area contributed by atoms with E-state index in [1.54, 1.807) is 0 Å². The van der Waals surface area contributed by atoms with Gasteiger partial charge in [-0.05, 0) is 37.9 Å². The van der Waals surface area contributed by atoms with E-state index in [1.807, 2.05) is 11.8 Å². The van der Waals surface area contributed by atoms with Gasteiger partial charge in [0.1, 0.15) is 0 Å². The maximum atomic E-state index is 13.3. The summed E-state index contributed by atoms with van der Waals surface area (Å²) in [4.78, 5) is 15.5. The van der Waals surface area contributed by atoms with Crippen molar-refractivity contribution in [3.8, 4) is 0 Å². The Kier molecular flexibility index (Phi) is 4.56. The molecule has 0 radical (unpaired) electrons. The van der Waals surface area contributed by atoms with Crippen LogP contribution in [0.3, 0.4) is 0 Å². The summed E-state index contributed by atoms with van der Waals surface area (Å²) >= 11 is 1.97. The van der Waals surface area contributed by atoms with E-state index in [9.17, 15) is 4.79 Å². The van der Waals surface area contributed by atoms with E-state index in [1.165, 1.54) is 38.5 Å². The average Bonchev–Trinajstić information content (AvgIpc) is 3.06. The zero-order chi connectivity index (χ0) is 15.0. The van der Waals surface area contributed by atoms with Crippen LogP contribution in [-0.2, 0) is 4.79 Å². The van der Waals surface area contributed by atoms with Gasteiger partial charge in [0.15, 0.2) is 0 Å². The molecule has 1 heterocycles. The molecule has 1 saturated heterocycles. The Morgan fingerprint density at radius 2 is 1.86 bits per heavy atom. The fourth-order valence-corrected chi connectivity index (χ4v) is 5.62. The van der Waals surface area contributed by atoms with E-state index in [2.05, 4.69) is 30.3 Å². The standard InChI is InChI=1S/C17H30N2OS/c1-12(2)15-18-17(10-6-7-11-17)16(20)19(15)13-8-4-5-9-14(13)21-3/h12-15,18H,4-11H2,1-3H3. The molecule has 0 aromatic carbocycles. The average molecular weight is 311 g/mol. The van der Waals surface area contributed by atoms with Gasteiger partial charge in [0.25, 0.3) is 0 Å². The summed E-state index contributed by atoms with van der Waals surface area (Å²) in [7, 11) is 0. The molecule has 3 atom stereocenters. The highest BCUT2D eigenvalue weighted by atomic mass is 32.2. The highest BCUT2D eigenvalue weighted by Crippen LogP contribution is 2.42. The Morgan fingerprint density at radius 1 is 1.19 bits per heavy atom. The van der Waals surface area contributed by atoms with Crippen LogP contribution in [0.15, 0.2) is 0 Å².